The number of hydrogen-bond acceptors (Lipinski definition) is 4. The standard InChI is InChI=1S/C17H17BrFN3O3/c1-25-16-8-11(4-6-20-16)10-22-15(23)5-7-21-17(24)13-9-12(19)2-3-14(13)18/h2-4,6,8-9H,5,7,10H2,1H3,(H,21,24)(H,22,23). The highest BCUT2D eigenvalue weighted by Crippen LogP contribution is 2.17. The molecule has 0 radical (unpaired) electrons. The lowest BCUT2D eigenvalue weighted by molar-refractivity contribution is -0.121. The van der Waals surface area contributed by atoms with Crippen LogP contribution in [-0.4, -0.2) is 30.5 Å². The van der Waals surface area contributed by atoms with Gasteiger partial charge in [-0.1, -0.05) is 0 Å². The number of halogens is 2. The predicted molar refractivity (Wildman–Crippen MR) is 93.7 cm³/mol. The van der Waals surface area contributed by atoms with Crippen molar-refractivity contribution in [1.29, 1.82) is 0 Å². The van der Waals surface area contributed by atoms with Gasteiger partial charge in [-0.15, -0.1) is 0 Å². The third-order valence-corrected chi connectivity index (χ3v) is 4.00. The molecule has 6 nitrogen and oxygen atoms in total. The summed E-state index contributed by atoms with van der Waals surface area (Å²) >= 11 is 3.19. The zero-order valence-electron chi connectivity index (χ0n) is 13.5. The summed E-state index contributed by atoms with van der Waals surface area (Å²) in [5.41, 5.74) is 1.04. The van der Waals surface area contributed by atoms with Crippen molar-refractivity contribution in [1.82, 2.24) is 15.6 Å². The molecule has 0 bridgehead atoms. The van der Waals surface area contributed by atoms with Crippen LogP contribution in [0.1, 0.15) is 22.3 Å². The first kappa shape index (κ1) is 18.9. The Labute approximate surface area is 152 Å². The van der Waals surface area contributed by atoms with Gasteiger partial charge in [0.1, 0.15) is 5.82 Å². The minimum absolute atomic E-state index is 0.112. The van der Waals surface area contributed by atoms with Gasteiger partial charge in [0.2, 0.25) is 11.8 Å². The molecule has 0 unspecified atom stereocenters. The number of nitrogens with zero attached hydrogens (tertiary/aromatic N) is 1. The van der Waals surface area contributed by atoms with Gasteiger partial charge in [0, 0.05) is 36.2 Å². The van der Waals surface area contributed by atoms with Crippen LogP contribution in [-0.2, 0) is 11.3 Å². The minimum Gasteiger partial charge on any atom is -0.481 e. The van der Waals surface area contributed by atoms with Gasteiger partial charge in [0.25, 0.3) is 5.91 Å². The van der Waals surface area contributed by atoms with E-state index in [4.69, 9.17) is 4.74 Å². The first-order chi connectivity index (χ1) is 12.0. The van der Waals surface area contributed by atoms with E-state index in [1.54, 1.807) is 18.3 Å². The lowest BCUT2D eigenvalue weighted by Crippen LogP contribution is -2.30. The normalized spacial score (nSPS) is 10.2. The number of amides is 2. The Hall–Kier alpha value is -2.48. The second kappa shape index (κ2) is 9.12. The van der Waals surface area contributed by atoms with E-state index in [0.717, 1.165) is 11.6 Å². The molecule has 0 saturated carbocycles. The predicted octanol–water partition coefficient (Wildman–Crippen LogP) is 2.43. The largest absolute Gasteiger partial charge is 0.481 e. The number of pyridine rings is 1. The summed E-state index contributed by atoms with van der Waals surface area (Å²) < 4.78 is 18.7. The lowest BCUT2D eigenvalue weighted by Gasteiger charge is -2.08. The van der Waals surface area contributed by atoms with Crippen molar-refractivity contribution in [2.75, 3.05) is 13.7 Å². The number of hydrogen-bond donors (Lipinski definition) is 2. The highest BCUT2D eigenvalue weighted by Gasteiger charge is 2.11. The Bertz CT molecular complexity index is 771. The molecule has 2 aromatic rings. The summed E-state index contributed by atoms with van der Waals surface area (Å²) in [5.74, 6) is -0.689. The number of nitrogens with one attached hydrogen (secondary N) is 2. The SMILES string of the molecule is COc1cc(CNC(=O)CCNC(=O)c2cc(F)ccc2Br)ccn1. The lowest BCUT2D eigenvalue weighted by atomic mass is 10.2. The molecule has 8 heteroatoms. The van der Waals surface area contributed by atoms with Crippen LogP contribution in [0.4, 0.5) is 4.39 Å². The number of rotatable bonds is 7. The molecule has 2 amide bonds. The van der Waals surface area contributed by atoms with Gasteiger partial charge >= 0.3 is 0 Å². The monoisotopic (exact) mass is 409 g/mol. The van der Waals surface area contributed by atoms with Crippen molar-refractivity contribution in [3.63, 3.8) is 0 Å². The van der Waals surface area contributed by atoms with Gasteiger partial charge < -0.3 is 15.4 Å². The van der Waals surface area contributed by atoms with Crippen LogP contribution in [0.3, 0.4) is 0 Å². The molecular formula is C17H17BrFN3O3. The Morgan fingerprint density at radius 1 is 1.24 bits per heavy atom. The van der Waals surface area contributed by atoms with Crippen molar-refractivity contribution in [3.8, 4) is 5.88 Å². The quantitative estimate of drug-likeness (QED) is 0.735. The summed E-state index contributed by atoms with van der Waals surface area (Å²) in [7, 11) is 1.52. The molecule has 2 N–H and O–H groups in total. The van der Waals surface area contributed by atoms with E-state index < -0.39 is 11.7 Å². The fourth-order valence-corrected chi connectivity index (χ4v) is 2.44. The molecule has 0 atom stereocenters. The zero-order valence-corrected chi connectivity index (χ0v) is 15.1. The van der Waals surface area contributed by atoms with Crippen LogP contribution in [0.15, 0.2) is 41.0 Å². The summed E-state index contributed by atoms with van der Waals surface area (Å²) in [6.07, 6.45) is 1.71. The molecule has 0 aliphatic rings. The van der Waals surface area contributed by atoms with Crippen molar-refractivity contribution in [2.45, 2.75) is 13.0 Å². The fourth-order valence-electron chi connectivity index (χ4n) is 2.02. The van der Waals surface area contributed by atoms with Gasteiger partial charge in [-0.25, -0.2) is 9.37 Å². The molecule has 132 valence electrons. The van der Waals surface area contributed by atoms with Gasteiger partial charge in [-0.3, -0.25) is 9.59 Å². The molecule has 0 aliphatic heterocycles. The van der Waals surface area contributed by atoms with Gasteiger partial charge in [0.05, 0.1) is 12.7 Å². The molecule has 0 aliphatic carbocycles. The van der Waals surface area contributed by atoms with Crippen LogP contribution in [0, 0.1) is 5.82 Å². The van der Waals surface area contributed by atoms with Gasteiger partial charge in [-0.2, -0.15) is 0 Å². The molecule has 25 heavy (non-hydrogen) atoms. The van der Waals surface area contributed by atoms with E-state index in [-0.39, 0.29) is 24.4 Å². The molecule has 0 fully saturated rings. The summed E-state index contributed by atoms with van der Waals surface area (Å²) in [5, 5.41) is 5.33. The summed E-state index contributed by atoms with van der Waals surface area (Å²) in [6.45, 7) is 0.481. The summed E-state index contributed by atoms with van der Waals surface area (Å²) in [6, 6.07) is 7.34. The smallest absolute Gasteiger partial charge is 0.252 e. The molecule has 2 rings (SSSR count). The third kappa shape index (κ3) is 5.82. The zero-order chi connectivity index (χ0) is 18.2. The van der Waals surface area contributed by atoms with E-state index >= 15 is 0 Å². The second-order valence-electron chi connectivity index (χ2n) is 5.11. The van der Waals surface area contributed by atoms with Crippen molar-refractivity contribution in [2.24, 2.45) is 0 Å². The Morgan fingerprint density at radius 3 is 2.80 bits per heavy atom. The van der Waals surface area contributed by atoms with Crippen LogP contribution < -0.4 is 15.4 Å². The van der Waals surface area contributed by atoms with Crippen LogP contribution >= 0.6 is 15.9 Å². The molecule has 1 heterocycles. The average Bonchev–Trinajstić information content (AvgIpc) is 2.62. The molecule has 0 saturated heterocycles. The first-order valence-electron chi connectivity index (χ1n) is 7.48. The van der Waals surface area contributed by atoms with Crippen LogP contribution in [0.5, 0.6) is 5.88 Å². The number of aromatic nitrogens is 1. The third-order valence-electron chi connectivity index (χ3n) is 3.31. The van der Waals surface area contributed by atoms with Crippen LogP contribution in [0.2, 0.25) is 0 Å². The number of carbonyl (C=O) groups excluding carboxylic acids is 2. The topological polar surface area (TPSA) is 80.3 Å². The maximum atomic E-state index is 13.2. The van der Waals surface area contributed by atoms with Crippen LogP contribution in [0.25, 0.3) is 0 Å². The Balaban J connectivity index is 1.76. The molecule has 1 aromatic carbocycles. The van der Waals surface area contributed by atoms with E-state index in [9.17, 15) is 14.0 Å². The summed E-state index contributed by atoms with van der Waals surface area (Å²) in [4.78, 5) is 27.8. The molecule has 1 aromatic heterocycles. The average molecular weight is 410 g/mol. The number of ether oxygens (including phenoxy) is 1. The van der Waals surface area contributed by atoms with Gasteiger partial charge in [-0.05, 0) is 45.8 Å². The van der Waals surface area contributed by atoms with E-state index in [2.05, 4.69) is 31.5 Å². The van der Waals surface area contributed by atoms with Crippen molar-refractivity contribution in [3.05, 3.63) is 57.9 Å². The van der Waals surface area contributed by atoms with E-state index in [1.165, 1.54) is 19.2 Å². The van der Waals surface area contributed by atoms with Crippen molar-refractivity contribution < 1.29 is 18.7 Å². The van der Waals surface area contributed by atoms with Crippen molar-refractivity contribution >= 4 is 27.7 Å². The number of methoxy groups -OCH3 is 1. The highest BCUT2D eigenvalue weighted by molar-refractivity contribution is 9.10. The first-order valence-corrected chi connectivity index (χ1v) is 8.27. The maximum absolute atomic E-state index is 13.2. The number of carbonyl (C=O) groups is 2. The highest BCUT2D eigenvalue weighted by atomic mass is 79.9. The van der Waals surface area contributed by atoms with E-state index in [1.807, 2.05) is 0 Å². The number of benzene rings is 1. The molecule has 0 spiro atoms. The molecular weight excluding hydrogens is 393 g/mol. The van der Waals surface area contributed by atoms with E-state index in [0.29, 0.717) is 16.9 Å². The fraction of sp³-hybridized carbons (Fsp3) is 0.235. The Kier molecular flexibility index (Phi) is 6.88. The van der Waals surface area contributed by atoms with Gasteiger partial charge in [0.15, 0.2) is 0 Å². The maximum Gasteiger partial charge on any atom is 0.252 e. The second-order valence-corrected chi connectivity index (χ2v) is 5.97. The Morgan fingerprint density at radius 2 is 2.04 bits per heavy atom. The minimum atomic E-state index is -0.501.